The Morgan fingerprint density at radius 1 is 1.15 bits per heavy atom. The number of rotatable bonds is 6. The standard InChI is InChI=1S/C17H31NO2/c1-13-4-6-18(7-5-13)10-17(19)12-20-11-16-9-14-2-3-15(16)8-14/h13-17,19H,2-12H2,1H3. The highest BCUT2D eigenvalue weighted by Gasteiger charge is 2.39. The van der Waals surface area contributed by atoms with Gasteiger partial charge in [-0.05, 0) is 68.9 Å². The van der Waals surface area contributed by atoms with E-state index >= 15 is 0 Å². The molecule has 0 amide bonds. The number of piperidine rings is 1. The summed E-state index contributed by atoms with van der Waals surface area (Å²) in [6.45, 7) is 6.82. The second kappa shape index (κ2) is 6.76. The van der Waals surface area contributed by atoms with E-state index in [-0.39, 0.29) is 6.10 Å². The summed E-state index contributed by atoms with van der Waals surface area (Å²) in [5.74, 6) is 3.57. The normalized spacial score (nSPS) is 36.6. The smallest absolute Gasteiger partial charge is 0.0900 e. The SMILES string of the molecule is CC1CCN(CC(O)COCC2CC3CCC2C3)CC1. The fourth-order valence-electron chi connectivity index (χ4n) is 4.53. The molecule has 116 valence electrons. The van der Waals surface area contributed by atoms with E-state index in [1.54, 1.807) is 0 Å². The number of ether oxygens (including phenoxy) is 1. The lowest BCUT2D eigenvalue weighted by atomic mass is 9.90. The van der Waals surface area contributed by atoms with Gasteiger partial charge < -0.3 is 14.7 Å². The maximum atomic E-state index is 10.1. The van der Waals surface area contributed by atoms with Crippen LogP contribution < -0.4 is 0 Å². The maximum absolute atomic E-state index is 10.1. The number of hydrogen-bond acceptors (Lipinski definition) is 3. The van der Waals surface area contributed by atoms with Crippen molar-refractivity contribution in [1.82, 2.24) is 4.90 Å². The summed E-state index contributed by atoms with van der Waals surface area (Å²) >= 11 is 0. The molecule has 4 atom stereocenters. The topological polar surface area (TPSA) is 32.7 Å². The molecule has 2 saturated carbocycles. The van der Waals surface area contributed by atoms with E-state index in [4.69, 9.17) is 4.74 Å². The second-order valence-corrected chi connectivity index (χ2v) is 7.61. The Hall–Kier alpha value is -0.120. The van der Waals surface area contributed by atoms with Crippen LogP contribution in [0.5, 0.6) is 0 Å². The summed E-state index contributed by atoms with van der Waals surface area (Å²) in [6.07, 6.45) is 7.96. The molecular formula is C17H31NO2. The zero-order chi connectivity index (χ0) is 13.9. The van der Waals surface area contributed by atoms with E-state index < -0.39 is 0 Å². The molecule has 0 aromatic carbocycles. The average Bonchev–Trinajstić information content (AvgIpc) is 3.04. The van der Waals surface area contributed by atoms with Crippen LogP contribution >= 0.6 is 0 Å². The molecule has 0 aromatic heterocycles. The van der Waals surface area contributed by atoms with Crippen molar-refractivity contribution in [3.63, 3.8) is 0 Å². The lowest BCUT2D eigenvalue weighted by Crippen LogP contribution is -2.40. The van der Waals surface area contributed by atoms with Gasteiger partial charge in [-0.2, -0.15) is 0 Å². The van der Waals surface area contributed by atoms with Gasteiger partial charge >= 0.3 is 0 Å². The molecule has 0 spiro atoms. The molecule has 1 N–H and O–H groups in total. The molecule has 2 aliphatic carbocycles. The summed E-state index contributed by atoms with van der Waals surface area (Å²) in [5, 5.41) is 10.1. The Balaban J connectivity index is 1.28. The quantitative estimate of drug-likeness (QED) is 0.812. The van der Waals surface area contributed by atoms with Gasteiger partial charge in [-0.3, -0.25) is 0 Å². The minimum absolute atomic E-state index is 0.304. The van der Waals surface area contributed by atoms with Gasteiger partial charge in [0.15, 0.2) is 0 Å². The van der Waals surface area contributed by atoms with Crippen LogP contribution in [-0.4, -0.2) is 49.0 Å². The van der Waals surface area contributed by atoms with Crippen molar-refractivity contribution < 1.29 is 9.84 Å². The van der Waals surface area contributed by atoms with Crippen LogP contribution in [0.4, 0.5) is 0 Å². The average molecular weight is 281 g/mol. The third-order valence-corrected chi connectivity index (χ3v) is 5.87. The molecule has 3 fully saturated rings. The van der Waals surface area contributed by atoms with Crippen LogP contribution in [0, 0.1) is 23.7 Å². The van der Waals surface area contributed by atoms with E-state index in [0.29, 0.717) is 6.61 Å². The van der Waals surface area contributed by atoms with Crippen molar-refractivity contribution in [2.24, 2.45) is 23.7 Å². The third kappa shape index (κ3) is 3.75. The Labute approximate surface area is 123 Å². The number of aliphatic hydroxyl groups is 1. The molecule has 3 aliphatic rings. The van der Waals surface area contributed by atoms with Gasteiger partial charge in [0.25, 0.3) is 0 Å². The van der Waals surface area contributed by atoms with Crippen LogP contribution in [0.2, 0.25) is 0 Å². The molecule has 3 nitrogen and oxygen atoms in total. The van der Waals surface area contributed by atoms with Crippen molar-refractivity contribution in [3.05, 3.63) is 0 Å². The molecule has 1 saturated heterocycles. The third-order valence-electron chi connectivity index (χ3n) is 5.87. The van der Waals surface area contributed by atoms with Gasteiger partial charge in [0, 0.05) is 13.2 Å². The zero-order valence-corrected chi connectivity index (χ0v) is 13.0. The van der Waals surface area contributed by atoms with Crippen molar-refractivity contribution >= 4 is 0 Å². The largest absolute Gasteiger partial charge is 0.389 e. The zero-order valence-electron chi connectivity index (χ0n) is 13.0. The first kappa shape index (κ1) is 14.8. The fourth-order valence-corrected chi connectivity index (χ4v) is 4.53. The minimum Gasteiger partial charge on any atom is -0.389 e. The molecule has 20 heavy (non-hydrogen) atoms. The molecule has 4 unspecified atom stereocenters. The van der Waals surface area contributed by atoms with Gasteiger partial charge in [0.05, 0.1) is 12.7 Å². The maximum Gasteiger partial charge on any atom is 0.0900 e. The molecule has 3 heteroatoms. The molecule has 0 radical (unpaired) electrons. The summed E-state index contributed by atoms with van der Waals surface area (Å²) in [7, 11) is 0. The molecule has 1 heterocycles. The summed E-state index contributed by atoms with van der Waals surface area (Å²) < 4.78 is 5.82. The predicted molar refractivity (Wildman–Crippen MR) is 80.6 cm³/mol. The number of fused-ring (bicyclic) bond motifs is 2. The van der Waals surface area contributed by atoms with Crippen molar-refractivity contribution in [2.45, 2.75) is 51.6 Å². The number of nitrogens with zero attached hydrogens (tertiary/aromatic N) is 1. The van der Waals surface area contributed by atoms with Gasteiger partial charge in [-0.25, -0.2) is 0 Å². The number of aliphatic hydroxyl groups excluding tert-OH is 1. The molecule has 2 bridgehead atoms. The highest BCUT2D eigenvalue weighted by Crippen LogP contribution is 2.48. The predicted octanol–water partition coefficient (Wildman–Crippen LogP) is 2.53. The second-order valence-electron chi connectivity index (χ2n) is 7.61. The lowest BCUT2D eigenvalue weighted by molar-refractivity contribution is -0.00595. The van der Waals surface area contributed by atoms with Gasteiger partial charge in [0.1, 0.15) is 0 Å². The number of hydrogen-bond donors (Lipinski definition) is 1. The van der Waals surface area contributed by atoms with E-state index in [1.165, 1.54) is 38.5 Å². The number of likely N-dealkylation sites (tertiary alicyclic amines) is 1. The Kier molecular flexibility index (Phi) is 5.00. The first-order valence-corrected chi connectivity index (χ1v) is 8.69. The first-order chi connectivity index (χ1) is 9.70. The van der Waals surface area contributed by atoms with Crippen LogP contribution in [0.15, 0.2) is 0 Å². The van der Waals surface area contributed by atoms with Crippen LogP contribution in [0.3, 0.4) is 0 Å². The van der Waals surface area contributed by atoms with Gasteiger partial charge in [-0.1, -0.05) is 13.3 Å². The molecular weight excluding hydrogens is 250 g/mol. The summed E-state index contributed by atoms with van der Waals surface area (Å²) in [4.78, 5) is 2.39. The highest BCUT2D eigenvalue weighted by molar-refractivity contribution is 4.89. The van der Waals surface area contributed by atoms with E-state index in [0.717, 1.165) is 49.9 Å². The first-order valence-electron chi connectivity index (χ1n) is 8.69. The lowest BCUT2D eigenvalue weighted by Gasteiger charge is -2.31. The van der Waals surface area contributed by atoms with Gasteiger partial charge in [-0.15, -0.1) is 0 Å². The van der Waals surface area contributed by atoms with Crippen molar-refractivity contribution in [2.75, 3.05) is 32.8 Å². The van der Waals surface area contributed by atoms with Crippen LogP contribution in [0.1, 0.15) is 45.4 Å². The monoisotopic (exact) mass is 281 g/mol. The summed E-state index contributed by atoms with van der Waals surface area (Å²) in [6, 6.07) is 0. The fraction of sp³-hybridized carbons (Fsp3) is 1.00. The number of β-amino-alcohol motifs (C(OH)–C–C–N with tert-alkyl or cyclic N) is 1. The minimum atomic E-state index is -0.304. The van der Waals surface area contributed by atoms with Crippen molar-refractivity contribution in [3.8, 4) is 0 Å². The Morgan fingerprint density at radius 3 is 2.60 bits per heavy atom. The van der Waals surface area contributed by atoms with E-state index in [9.17, 15) is 5.11 Å². The molecule has 1 aliphatic heterocycles. The van der Waals surface area contributed by atoms with Crippen LogP contribution in [0.25, 0.3) is 0 Å². The van der Waals surface area contributed by atoms with E-state index in [2.05, 4.69) is 11.8 Å². The van der Waals surface area contributed by atoms with E-state index in [1.807, 2.05) is 0 Å². The van der Waals surface area contributed by atoms with Gasteiger partial charge in [0.2, 0.25) is 0 Å². The molecule has 3 rings (SSSR count). The molecule has 0 aromatic rings. The van der Waals surface area contributed by atoms with Crippen molar-refractivity contribution in [1.29, 1.82) is 0 Å². The Bertz CT molecular complexity index is 301. The van der Waals surface area contributed by atoms with Crippen LogP contribution in [-0.2, 0) is 4.74 Å². The summed E-state index contributed by atoms with van der Waals surface area (Å²) in [5.41, 5.74) is 0. The Morgan fingerprint density at radius 2 is 1.95 bits per heavy atom. The highest BCUT2D eigenvalue weighted by atomic mass is 16.5.